The molecule has 3 heteroatoms. The van der Waals surface area contributed by atoms with E-state index in [0.29, 0.717) is 0 Å². The number of aliphatic hydroxyl groups excluding tert-OH is 1. The Labute approximate surface area is 70.0 Å². The van der Waals surface area contributed by atoms with Crippen molar-refractivity contribution in [3.05, 3.63) is 35.9 Å². The van der Waals surface area contributed by atoms with Gasteiger partial charge in [0.2, 0.25) is 0 Å². The molecular weight excluding hydrogens is 154 g/mol. The largest absolute Gasteiger partial charge is 0.381 e. The van der Waals surface area contributed by atoms with Crippen molar-refractivity contribution in [2.24, 2.45) is 0 Å². The Hall–Kier alpha value is -1.35. The minimum absolute atomic E-state index is 0.210. The van der Waals surface area contributed by atoms with Crippen molar-refractivity contribution in [2.45, 2.75) is 12.1 Å². The molecule has 62 valence electrons. The minimum Gasteiger partial charge on any atom is -0.381 e. The Morgan fingerprint density at radius 1 is 1.25 bits per heavy atom. The monoisotopic (exact) mass is 163 g/mol. The van der Waals surface area contributed by atoms with Crippen LogP contribution in [0.1, 0.15) is 11.6 Å². The molecule has 3 nitrogen and oxygen atoms in total. The zero-order valence-electron chi connectivity index (χ0n) is 6.40. The molecule has 1 aliphatic rings. The molecule has 1 aromatic carbocycles. The van der Waals surface area contributed by atoms with E-state index < -0.39 is 6.10 Å². The molecule has 0 saturated carbocycles. The normalized spacial score (nSPS) is 27.6. The molecular formula is C9H9NO2. The molecule has 1 fully saturated rings. The lowest BCUT2D eigenvalue weighted by molar-refractivity contribution is -0.142. The summed E-state index contributed by atoms with van der Waals surface area (Å²) in [6, 6.07) is 9.22. The van der Waals surface area contributed by atoms with E-state index in [-0.39, 0.29) is 11.9 Å². The summed E-state index contributed by atoms with van der Waals surface area (Å²) in [5.41, 5.74) is 0.949. The van der Waals surface area contributed by atoms with Gasteiger partial charge >= 0.3 is 0 Å². The number of rotatable bonds is 1. The van der Waals surface area contributed by atoms with Gasteiger partial charge in [-0.25, -0.2) is 0 Å². The second kappa shape index (κ2) is 2.60. The van der Waals surface area contributed by atoms with E-state index in [0.717, 1.165) is 5.56 Å². The van der Waals surface area contributed by atoms with E-state index in [4.69, 9.17) is 0 Å². The van der Waals surface area contributed by atoms with Gasteiger partial charge in [-0.05, 0) is 5.56 Å². The SMILES string of the molecule is O=C1N[C@@H](c2ccccc2)[C@H]1O. The van der Waals surface area contributed by atoms with E-state index in [1.807, 2.05) is 30.3 Å². The number of β-lactam (4-membered cyclic amide) rings is 1. The number of nitrogens with one attached hydrogen (secondary N) is 1. The smallest absolute Gasteiger partial charge is 0.251 e. The van der Waals surface area contributed by atoms with Crippen LogP contribution in [-0.2, 0) is 4.79 Å². The highest BCUT2D eigenvalue weighted by Crippen LogP contribution is 2.23. The van der Waals surface area contributed by atoms with Crippen LogP contribution in [0.25, 0.3) is 0 Å². The molecule has 0 aliphatic carbocycles. The molecule has 1 saturated heterocycles. The number of benzene rings is 1. The predicted molar refractivity (Wildman–Crippen MR) is 43.3 cm³/mol. The first-order valence-corrected chi connectivity index (χ1v) is 3.82. The first-order valence-electron chi connectivity index (χ1n) is 3.82. The van der Waals surface area contributed by atoms with Gasteiger partial charge < -0.3 is 10.4 Å². The van der Waals surface area contributed by atoms with E-state index in [1.165, 1.54) is 0 Å². The van der Waals surface area contributed by atoms with Crippen molar-refractivity contribution in [1.82, 2.24) is 5.32 Å². The summed E-state index contributed by atoms with van der Waals surface area (Å²) in [5, 5.41) is 11.8. The topological polar surface area (TPSA) is 49.3 Å². The summed E-state index contributed by atoms with van der Waals surface area (Å²) in [4.78, 5) is 10.7. The molecule has 0 unspecified atom stereocenters. The standard InChI is InChI=1S/C9H9NO2/c11-8-7(10-9(8)12)6-4-2-1-3-5-6/h1-5,7-8,11H,(H,10,12)/t7-,8+/m0/s1. The number of hydrogen-bond acceptors (Lipinski definition) is 2. The fraction of sp³-hybridized carbons (Fsp3) is 0.222. The lowest BCUT2D eigenvalue weighted by Gasteiger charge is -2.33. The van der Waals surface area contributed by atoms with Gasteiger partial charge in [-0.3, -0.25) is 4.79 Å². The fourth-order valence-electron chi connectivity index (χ4n) is 1.30. The molecule has 0 radical (unpaired) electrons. The van der Waals surface area contributed by atoms with Crippen LogP contribution in [0.2, 0.25) is 0 Å². The molecule has 2 N–H and O–H groups in total. The van der Waals surface area contributed by atoms with Crippen LogP contribution in [0.3, 0.4) is 0 Å². The molecule has 1 heterocycles. The number of carbonyl (C=O) groups excluding carboxylic acids is 1. The second-order valence-corrected chi connectivity index (χ2v) is 2.84. The van der Waals surface area contributed by atoms with Gasteiger partial charge in [-0.15, -0.1) is 0 Å². The van der Waals surface area contributed by atoms with Crippen LogP contribution in [0.5, 0.6) is 0 Å². The summed E-state index contributed by atoms with van der Waals surface area (Å²) in [6.45, 7) is 0. The maximum Gasteiger partial charge on any atom is 0.251 e. The van der Waals surface area contributed by atoms with Crippen molar-refractivity contribution in [3.63, 3.8) is 0 Å². The lowest BCUT2D eigenvalue weighted by Crippen LogP contribution is -2.55. The van der Waals surface area contributed by atoms with Gasteiger partial charge in [0.15, 0.2) is 6.10 Å². The Balaban J connectivity index is 2.18. The zero-order valence-corrected chi connectivity index (χ0v) is 6.40. The third-order valence-electron chi connectivity index (χ3n) is 2.04. The van der Waals surface area contributed by atoms with Crippen LogP contribution < -0.4 is 5.32 Å². The molecule has 0 spiro atoms. The molecule has 1 aromatic rings. The average molecular weight is 163 g/mol. The molecule has 1 amide bonds. The van der Waals surface area contributed by atoms with Gasteiger partial charge in [0.05, 0.1) is 6.04 Å². The van der Waals surface area contributed by atoms with Gasteiger partial charge in [-0.1, -0.05) is 30.3 Å². The minimum atomic E-state index is -0.868. The van der Waals surface area contributed by atoms with E-state index in [2.05, 4.69) is 5.32 Å². The van der Waals surface area contributed by atoms with Crippen molar-refractivity contribution in [1.29, 1.82) is 0 Å². The molecule has 0 bridgehead atoms. The number of aliphatic hydroxyl groups is 1. The van der Waals surface area contributed by atoms with Gasteiger partial charge in [-0.2, -0.15) is 0 Å². The third-order valence-corrected chi connectivity index (χ3v) is 2.04. The summed E-state index contributed by atoms with van der Waals surface area (Å²) in [5.74, 6) is -0.288. The highest BCUT2D eigenvalue weighted by Gasteiger charge is 2.38. The van der Waals surface area contributed by atoms with Crippen molar-refractivity contribution < 1.29 is 9.90 Å². The Bertz CT molecular complexity index is 297. The van der Waals surface area contributed by atoms with Crippen molar-refractivity contribution in [3.8, 4) is 0 Å². The summed E-state index contributed by atoms with van der Waals surface area (Å²) < 4.78 is 0. The Morgan fingerprint density at radius 3 is 2.42 bits per heavy atom. The van der Waals surface area contributed by atoms with Crippen LogP contribution in [-0.4, -0.2) is 17.1 Å². The van der Waals surface area contributed by atoms with E-state index in [9.17, 15) is 9.90 Å². The van der Waals surface area contributed by atoms with Gasteiger partial charge in [0.1, 0.15) is 0 Å². The second-order valence-electron chi connectivity index (χ2n) is 2.84. The van der Waals surface area contributed by atoms with Crippen molar-refractivity contribution >= 4 is 5.91 Å². The Kier molecular flexibility index (Phi) is 1.59. The highest BCUT2D eigenvalue weighted by molar-refractivity contribution is 5.88. The number of amides is 1. The third kappa shape index (κ3) is 0.987. The first kappa shape index (κ1) is 7.31. The molecule has 2 atom stereocenters. The Morgan fingerprint density at radius 2 is 1.92 bits per heavy atom. The maximum atomic E-state index is 10.7. The summed E-state index contributed by atoms with van der Waals surface area (Å²) in [7, 11) is 0. The molecule has 12 heavy (non-hydrogen) atoms. The highest BCUT2D eigenvalue weighted by atomic mass is 16.3. The average Bonchev–Trinajstić information content (AvgIpc) is 2.15. The fourth-order valence-corrected chi connectivity index (χ4v) is 1.30. The van der Waals surface area contributed by atoms with Crippen molar-refractivity contribution in [2.75, 3.05) is 0 Å². The quantitative estimate of drug-likeness (QED) is 0.582. The number of hydrogen-bond donors (Lipinski definition) is 2. The van der Waals surface area contributed by atoms with E-state index in [1.54, 1.807) is 0 Å². The zero-order chi connectivity index (χ0) is 8.55. The number of carbonyl (C=O) groups is 1. The van der Waals surface area contributed by atoms with Crippen LogP contribution in [0, 0.1) is 0 Å². The van der Waals surface area contributed by atoms with Crippen LogP contribution in [0.4, 0.5) is 0 Å². The van der Waals surface area contributed by atoms with Gasteiger partial charge in [0, 0.05) is 0 Å². The van der Waals surface area contributed by atoms with E-state index >= 15 is 0 Å². The van der Waals surface area contributed by atoms with Crippen LogP contribution >= 0.6 is 0 Å². The summed E-state index contributed by atoms with van der Waals surface area (Å²) >= 11 is 0. The first-order chi connectivity index (χ1) is 5.79. The predicted octanol–water partition coefficient (Wildman–Crippen LogP) is 0.218. The molecule has 1 aliphatic heterocycles. The van der Waals surface area contributed by atoms with Crippen LogP contribution in [0.15, 0.2) is 30.3 Å². The van der Waals surface area contributed by atoms with Gasteiger partial charge in [0.25, 0.3) is 5.91 Å². The molecule has 0 aromatic heterocycles. The maximum absolute atomic E-state index is 10.7. The lowest BCUT2D eigenvalue weighted by atomic mass is 9.94. The molecule has 2 rings (SSSR count). The summed E-state index contributed by atoms with van der Waals surface area (Å²) in [6.07, 6.45) is -0.868.